The molecule has 0 spiro atoms. The van der Waals surface area contributed by atoms with Crippen LogP contribution in [0.25, 0.3) is 0 Å². The van der Waals surface area contributed by atoms with E-state index < -0.39 is 0 Å². The molecular weight excluding hydrogens is 214 g/mol. The Bertz CT molecular complexity index is 380. The zero-order valence-corrected chi connectivity index (χ0v) is 10.4. The van der Waals surface area contributed by atoms with Crippen molar-refractivity contribution in [1.82, 2.24) is 5.32 Å². The minimum atomic E-state index is 0.114. The van der Waals surface area contributed by atoms with Crippen LogP contribution in [-0.2, 0) is 4.79 Å². The van der Waals surface area contributed by atoms with Crippen LogP contribution in [0.5, 0.6) is 0 Å². The third-order valence-corrected chi connectivity index (χ3v) is 3.08. The molecule has 4 nitrogen and oxygen atoms in total. The summed E-state index contributed by atoms with van der Waals surface area (Å²) in [5.74, 6) is 0.233. The highest BCUT2D eigenvalue weighted by molar-refractivity contribution is 5.93. The SMILES string of the molecule is CN(C)c1ccc(NC(=O)C2CCNC2)cc1. The number of benzene rings is 1. The number of carbonyl (C=O) groups is 1. The summed E-state index contributed by atoms with van der Waals surface area (Å²) < 4.78 is 0. The fourth-order valence-electron chi connectivity index (χ4n) is 1.97. The van der Waals surface area contributed by atoms with E-state index in [-0.39, 0.29) is 11.8 Å². The van der Waals surface area contributed by atoms with Crippen LogP contribution in [-0.4, -0.2) is 33.1 Å². The van der Waals surface area contributed by atoms with Gasteiger partial charge in [-0.05, 0) is 37.2 Å². The molecule has 2 rings (SSSR count). The molecule has 1 aromatic rings. The largest absolute Gasteiger partial charge is 0.378 e. The van der Waals surface area contributed by atoms with Gasteiger partial charge in [0.15, 0.2) is 0 Å². The summed E-state index contributed by atoms with van der Waals surface area (Å²) >= 11 is 0. The molecule has 1 atom stereocenters. The molecule has 1 aliphatic heterocycles. The Balaban J connectivity index is 1.96. The van der Waals surface area contributed by atoms with Gasteiger partial charge in [0.05, 0.1) is 5.92 Å². The highest BCUT2D eigenvalue weighted by Crippen LogP contribution is 2.17. The first-order valence-corrected chi connectivity index (χ1v) is 5.96. The van der Waals surface area contributed by atoms with Gasteiger partial charge in [-0.3, -0.25) is 4.79 Å². The van der Waals surface area contributed by atoms with Crippen LogP contribution in [0.15, 0.2) is 24.3 Å². The molecule has 1 aliphatic rings. The zero-order valence-electron chi connectivity index (χ0n) is 10.4. The van der Waals surface area contributed by atoms with E-state index in [1.54, 1.807) is 0 Å². The smallest absolute Gasteiger partial charge is 0.228 e. The van der Waals surface area contributed by atoms with E-state index in [4.69, 9.17) is 0 Å². The average molecular weight is 233 g/mol. The number of amides is 1. The number of nitrogens with one attached hydrogen (secondary N) is 2. The molecule has 0 bridgehead atoms. The van der Waals surface area contributed by atoms with E-state index in [0.717, 1.165) is 30.9 Å². The van der Waals surface area contributed by atoms with Crippen molar-refractivity contribution in [1.29, 1.82) is 0 Å². The lowest BCUT2D eigenvalue weighted by Crippen LogP contribution is -2.24. The number of hydrogen-bond acceptors (Lipinski definition) is 3. The second kappa shape index (κ2) is 5.19. The molecule has 1 unspecified atom stereocenters. The summed E-state index contributed by atoms with van der Waals surface area (Å²) in [6, 6.07) is 7.89. The number of anilines is 2. The third-order valence-electron chi connectivity index (χ3n) is 3.08. The first-order valence-electron chi connectivity index (χ1n) is 5.96. The lowest BCUT2D eigenvalue weighted by molar-refractivity contribution is -0.119. The predicted molar refractivity (Wildman–Crippen MR) is 70.4 cm³/mol. The van der Waals surface area contributed by atoms with E-state index >= 15 is 0 Å². The maximum atomic E-state index is 11.9. The highest BCUT2D eigenvalue weighted by atomic mass is 16.1. The molecular formula is C13H19N3O. The Kier molecular flexibility index (Phi) is 3.64. The number of hydrogen-bond donors (Lipinski definition) is 2. The predicted octanol–water partition coefficient (Wildman–Crippen LogP) is 1.30. The second-order valence-corrected chi connectivity index (χ2v) is 4.62. The van der Waals surface area contributed by atoms with Crippen molar-refractivity contribution in [2.75, 3.05) is 37.4 Å². The molecule has 4 heteroatoms. The lowest BCUT2D eigenvalue weighted by atomic mass is 10.1. The lowest BCUT2D eigenvalue weighted by Gasteiger charge is -2.14. The topological polar surface area (TPSA) is 44.4 Å². The Morgan fingerprint density at radius 1 is 1.35 bits per heavy atom. The van der Waals surface area contributed by atoms with Crippen LogP contribution in [0.1, 0.15) is 6.42 Å². The quantitative estimate of drug-likeness (QED) is 0.827. The molecule has 1 aromatic carbocycles. The number of rotatable bonds is 3. The van der Waals surface area contributed by atoms with E-state index in [1.807, 2.05) is 43.3 Å². The van der Waals surface area contributed by atoms with Gasteiger partial charge >= 0.3 is 0 Å². The molecule has 0 saturated carbocycles. The summed E-state index contributed by atoms with van der Waals surface area (Å²) in [7, 11) is 4.00. The summed E-state index contributed by atoms with van der Waals surface area (Å²) in [5, 5.41) is 6.15. The standard InChI is InChI=1S/C13H19N3O/c1-16(2)12-5-3-11(4-6-12)15-13(17)10-7-8-14-9-10/h3-6,10,14H,7-9H2,1-2H3,(H,15,17). The molecule has 1 fully saturated rings. The van der Waals surface area contributed by atoms with Crippen LogP contribution in [0.4, 0.5) is 11.4 Å². The summed E-state index contributed by atoms with van der Waals surface area (Å²) in [4.78, 5) is 13.9. The fourth-order valence-corrected chi connectivity index (χ4v) is 1.97. The van der Waals surface area contributed by atoms with Crippen LogP contribution >= 0.6 is 0 Å². The maximum absolute atomic E-state index is 11.9. The Morgan fingerprint density at radius 2 is 2.06 bits per heavy atom. The van der Waals surface area contributed by atoms with E-state index in [9.17, 15) is 4.79 Å². The van der Waals surface area contributed by atoms with Gasteiger partial charge in [0.1, 0.15) is 0 Å². The van der Waals surface area contributed by atoms with Gasteiger partial charge in [-0.15, -0.1) is 0 Å². The molecule has 0 radical (unpaired) electrons. The van der Waals surface area contributed by atoms with Gasteiger partial charge in [-0.25, -0.2) is 0 Å². The van der Waals surface area contributed by atoms with E-state index in [1.165, 1.54) is 0 Å². The molecule has 1 amide bonds. The van der Waals surface area contributed by atoms with Crippen molar-refractivity contribution in [3.63, 3.8) is 0 Å². The minimum Gasteiger partial charge on any atom is -0.378 e. The minimum absolute atomic E-state index is 0.114. The van der Waals surface area contributed by atoms with Gasteiger partial charge in [-0.1, -0.05) is 0 Å². The molecule has 0 aliphatic carbocycles. The molecule has 17 heavy (non-hydrogen) atoms. The van der Waals surface area contributed by atoms with Gasteiger partial charge in [-0.2, -0.15) is 0 Å². The number of nitrogens with zero attached hydrogens (tertiary/aromatic N) is 1. The van der Waals surface area contributed by atoms with Crippen molar-refractivity contribution < 1.29 is 4.79 Å². The normalized spacial score (nSPS) is 19.1. The molecule has 1 saturated heterocycles. The van der Waals surface area contributed by atoms with Gasteiger partial charge < -0.3 is 15.5 Å². The average Bonchev–Trinajstić information content (AvgIpc) is 2.83. The highest BCUT2D eigenvalue weighted by Gasteiger charge is 2.22. The Labute approximate surface area is 102 Å². The molecule has 1 heterocycles. The maximum Gasteiger partial charge on any atom is 0.228 e. The first-order chi connectivity index (χ1) is 8.16. The van der Waals surface area contributed by atoms with E-state index in [2.05, 4.69) is 10.6 Å². The van der Waals surface area contributed by atoms with Crippen LogP contribution < -0.4 is 15.5 Å². The van der Waals surface area contributed by atoms with Crippen LogP contribution in [0, 0.1) is 5.92 Å². The van der Waals surface area contributed by atoms with Crippen molar-refractivity contribution in [2.45, 2.75) is 6.42 Å². The Hall–Kier alpha value is -1.55. The van der Waals surface area contributed by atoms with Crippen molar-refractivity contribution >= 4 is 17.3 Å². The zero-order chi connectivity index (χ0) is 12.3. The molecule has 2 N–H and O–H groups in total. The molecule has 92 valence electrons. The van der Waals surface area contributed by atoms with Crippen LogP contribution in [0.3, 0.4) is 0 Å². The third kappa shape index (κ3) is 2.97. The fraction of sp³-hybridized carbons (Fsp3) is 0.462. The number of carbonyl (C=O) groups excluding carboxylic acids is 1. The molecule has 0 aromatic heterocycles. The van der Waals surface area contributed by atoms with Crippen molar-refractivity contribution in [3.8, 4) is 0 Å². The summed E-state index contributed by atoms with van der Waals surface area (Å²) in [6.45, 7) is 1.74. The van der Waals surface area contributed by atoms with Crippen LogP contribution in [0.2, 0.25) is 0 Å². The van der Waals surface area contributed by atoms with E-state index in [0.29, 0.717) is 0 Å². The summed E-state index contributed by atoms with van der Waals surface area (Å²) in [5.41, 5.74) is 2.00. The summed E-state index contributed by atoms with van der Waals surface area (Å²) in [6.07, 6.45) is 0.932. The van der Waals surface area contributed by atoms with Gasteiger partial charge in [0.2, 0.25) is 5.91 Å². The van der Waals surface area contributed by atoms with Gasteiger partial charge in [0.25, 0.3) is 0 Å². The monoisotopic (exact) mass is 233 g/mol. The Morgan fingerprint density at radius 3 is 2.59 bits per heavy atom. The van der Waals surface area contributed by atoms with Gasteiger partial charge in [0, 0.05) is 32.0 Å². The van der Waals surface area contributed by atoms with Crippen molar-refractivity contribution in [3.05, 3.63) is 24.3 Å². The second-order valence-electron chi connectivity index (χ2n) is 4.62. The van der Waals surface area contributed by atoms with Crippen molar-refractivity contribution in [2.24, 2.45) is 5.92 Å². The first kappa shape index (κ1) is 11.9.